The van der Waals surface area contributed by atoms with Crippen LogP contribution in [0.1, 0.15) is 6.92 Å². The highest BCUT2D eigenvalue weighted by molar-refractivity contribution is 5.64. The van der Waals surface area contributed by atoms with Crippen LogP contribution in [0, 0.1) is 33.8 Å². The zero-order chi connectivity index (χ0) is 16.8. The van der Waals surface area contributed by atoms with E-state index in [-0.39, 0.29) is 41.6 Å². The topological polar surface area (TPSA) is 97.1 Å². The van der Waals surface area contributed by atoms with Gasteiger partial charge in [0.15, 0.2) is 6.29 Å². The maximum Gasteiger partial charge on any atom is 0.514 e. The number of fused-ring (bicyclic) bond motifs is 1. The predicted molar refractivity (Wildman–Crippen MR) is 79.3 cm³/mol. The van der Waals surface area contributed by atoms with E-state index < -0.39 is 11.1 Å². The zero-order valence-electron chi connectivity index (χ0n) is 13.0. The fourth-order valence-corrected chi connectivity index (χ4v) is 4.14. The highest BCUT2D eigenvalue weighted by atomic mass is 16.7. The number of nitro benzene ring substituents is 1. The Labute approximate surface area is 137 Å². The number of ether oxygens (including phenoxy) is 4. The number of carbonyl (C=O) groups is 1. The fourth-order valence-electron chi connectivity index (χ4n) is 4.14. The Hall–Kier alpha value is -2.19. The summed E-state index contributed by atoms with van der Waals surface area (Å²) in [5.41, 5.74) is -0.0690. The summed E-state index contributed by atoms with van der Waals surface area (Å²) in [5, 5.41) is 10.6. The van der Waals surface area contributed by atoms with Crippen LogP contribution in [-0.2, 0) is 14.2 Å². The van der Waals surface area contributed by atoms with Crippen LogP contribution in [0.4, 0.5) is 10.5 Å². The Morgan fingerprint density at radius 2 is 1.88 bits per heavy atom. The van der Waals surface area contributed by atoms with Crippen molar-refractivity contribution in [1.29, 1.82) is 0 Å². The predicted octanol–water partition coefficient (Wildman–Crippen LogP) is 2.36. The number of non-ortho nitro benzene ring substituents is 1. The molecule has 0 aromatic heterocycles. The van der Waals surface area contributed by atoms with Crippen molar-refractivity contribution < 1.29 is 28.7 Å². The van der Waals surface area contributed by atoms with E-state index in [9.17, 15) is 14.9 Å². The van der Waals surface area contributed by atoms with Crippen LogP contribution in [0.25, 0.3) is 0 Å². The maximum atomic E-state index is 12.1. The maximum absolute atomic E-state index is 12.1. The van der Waals surface area contributed by atoms with Crippen molar-refractivity contribution in [3.8, 4) is 5.75 Å². The number of carbonyl (C=O) groups excluding carboxylic acids is 1. The molecule has 0 radical (unpaired) electrons. The Morgan fingerprint density at radius 3 is 2.54 bits per heavy atom. The third-order valence-corrected chi connectivity index (χ3v) is 5.32. The Kier molecular flexibility index (Phi) is 3.65. The van der Waals surface area contributed by atoms with E-state index in [1.807, 2.05) is 0 Å². The highest BCUT2D eigenvalue weighted by Crippen LogP contribution is 2.52. The van der Waals surface area contributed by atoms with Crippen LogP contribution in [0.3, 0.4) is 0 Å². The molecule has 2 saturated heterocycles. The van der Waals surface area contributed by atoms with Gasteiger partial charge in [-0.25, -0.2) is 4.79 Å². The Morgan fingerprint density at radius 1 is 1.21 bits per heavy atom. The van der Waals surface area contributed by atoms with E-state index >= 15 is 0 Å². The van der Waals surface area contributed by atoms with Crippen molar-refractivity contribution in [1.82, 2.24) is 0 Å². The van der Waals surface area contributed by atoms with Gasteiger partial charge in [0.1, 0.15) is 11.9 Å². The molecule has 2 bridgehead atoms. The quantitative estimate of drug-likeness (QED) is 0.362. The van der Waals surface area contributed by atoms with Crippen LogP contribution in [0.15, 0.2) is 24.3 Å². The fraction of sp³-hybridized carbons (Fsp3) is 0.562. The minimum absolute atomic E-state index is 0.0690. The molecule has 3 fully saturated rings. The highest BCUT2D eigenvalue weighted by Gasteiger charge is 2.60. The first-order valence-electron chi connectivity index (χ1n) is 7.90. The number of hydrogen-bond donors (Lipinski definition) is 0. The lowest BCUT2D eigenvalue weighted by Gasteiger charge is -2.32. The van der Waals surface area contributed by atoms with Gasteiger partial charge in [-0.3, -0.25) is 10.1 Å². The Balaban J connectivity index is 1.42. The lowest BCUT2D eigenvalue weighted by molar-refractivity contribution is -0.384. The summed E-state index contributed by atoms with van der Waals surface area (Å²) in [6.45, 7) is 3.16. The molecule has 0 N–H and O–H groups in total. The van der Waals surface area contributed by atoms with Crippen LogP contribution < -0.4 is 4.74 Å². The molecule has 0 amide bonds. The van der Waals surface area contributed by atoms with Crippen LogP contribution in [0.5, 0.6) is 5.75 Å². The molecule has 3 aliphatic rings. The number of benzene rings is 1. The normalized spacial score (nSPS) is 36.4. The number of nitrogens with zero attached hydrogens (tertiary/aromatic N) is 1. The van der Waals surface area contributed by atoms with Crippen LogP contribution >= 0.6 is 0 Å². The van der Waals surface area contributed by atoms with Crippen molar-refractivity contribution in [3.63, 3.8) is 0 Å². The molecule has 24 heavy (non-hydrogen) atoms. The second-order valence-electron chi connectivity index (χ2n) is 6.48. The third kappa shape index (κ3) is 2.42. The van der Waals surface area contributed by atoms with Crippen molar-refractivity contribution in [2.24, 2.45) is 23.7 Å². The van der Waals surface area contributed by atoms with Crippen LogP contribution in [0.2, 0.25) is 0 Å². The standard InChI is InChI=1S/C16H17NO7/c1-8-11-6-21-15-13(8)12(7-22-15)14(11)24-16(18)23-10-4-2-9(3-5-10)17(19)20/h2-5,8,11-15H,6-7H2,1H3/t8-,11?,12?,13?,14?,15?/m0/s1. The molecule has 128 valence electrons. The zero-order valence-corrected chi connectivity index (χ0v) is 13.0. The molecule has 1 saturated carbocycles. The summed E-state index contributed by atoms with van der Waals surface area (Å²) in [4.78, 5) is 22.2. The molecule has 0 spiro atoms. The van der Waals surface area contributed by atoms with Crippen molar-refractivity contribution >= 4 is 11.8 Å². The average Bonchev–Trinajstić information content (AvgIpc) is 3.03. The smallest absolute Gasteiger partial charge is 0.430 e. The summed E-state index contributed by atoms with van der Waals surface area (Å²) < 4.78 is 22.0. The van der Waals surface area contributed by atoms with Crippen molar-refractivity contribution in [2.45, 2.75) is 19.3 Å². The first-order valence-corrected chi connectivity index (χ1v) is 7.90. The molecule has 6 atom stereocenters. The number of rotatable bonds is 3. The molecule has 4 rings (SSSR count). The van der Waals surface area contributed by atoms with Gasteiger partial charge in [0.05, 0.1) is 18.1 Å². The van der Waals surface area contributed by atoms with Gasteiger partial charge in [-0.1, -0.05) is 6.92 Å². The van der Waals surface area contributed by atoms with E-state index in [0.717, 1.165) is 0 Å². The largest absolute Gasteiger partial charge is 0.514 e. The molecule has 2 heterocycles. The minimum atomic E-state index is -0.808. The van der Waals surface area contributed by atoms with E-state index in [2.05, 4.69) is 6.92 Å². The van der Waals surface area contributed by atoms with Crippen molar-refractivity contribution in [2.75, 3.05) is 13.2 Å². The molecule has 5 unspecified atom stereocenters. The second kappa shape index (κ2) is 5.71. The summed E-state index contributed by atoms with van der Waals surface area (Å²) in [6.07, 6.45) is -1.29. The van der Waals surface area contributed by atoms with Crippen LogP contribution in [-0.4, -0.2) is 36.7 Å². The van der Waals surface area contributed by atoms with Gasteiger partial charge >= 0.3 is 6.16 Å². The Bertz CT molecular complexity index is 661. The molecule has 1 aromatic carbocycles. The number of nitro groups is 1. The number of hydrogen-bond acceptors (Lipinski definition) is 7. The van der Waals surface area contributed by atoms with Gasteiger partial charge in [0.2, 0.25) is 0 Å². The van der Waals surface area contributed by atoms with Gasteiger partial charge in [0, 0.05) is 29.9 Å². The molecule has 1 aromatic rings. The summed E-state index contributed by atoms with van der Waals surface area (Å²) >= 11 is 0. The monoisotopic (exact) mass is 335 g/mol. The van der Waals surface area contributed by atoms with Gasteiger partial charge in [-0.15, -0.1) is 0 Å². The summed E-state index contributed by atoms with van der Waals surface area (Å²) in [5.74, 6) is 1.09. The first-order chi connectivity index (χ1) is 11.5. The lowest BCUT2D eigenvalue weighted by atomic mass is 9.88. The second-order valence-corrected chi connectivity index (χ2v) is 6.48. The molecular formula is C16H17NO7. The van der Waals surface area contributed by atoms with E-state index in [0.29, 0.717) is 19.1 Å². The average molecular weight is 335 g/mol. The lowest BCUT2D eigenvalue weighted by Crippen LogP contribution is -2.38. The third-order valence-electron chi connectivity index (χ3n) is 5.32. The van der Waals surface area contributed by atoms with E-state index in [4.69, 9.17) is 18.9 Å². The molecule has 8 nitrogen and oxygen atoms in total. The summed E-state index contributed by atoms with van der Waals surface area (Å²) in [7, 11) is 0. The van der Waals surface area contributed by atoms with Gasteiger partial charge in [-0.05, 0) is 18.1 Å². The summed E-state index contributed by atoms with van der Waals surface area (Å²) in [6, 6.07) is 5.28. The van der Waals surface area contributed by atoms with Gasteiger partial charge in [-0.2, -0.15) is 0 Å². The molecular weight excluding hydrogens is 318 g/mol. The van der Waals surface area contributed by atoms with Gasteiger partial charge < -0.3 is 18.9 Å². The van der Waals surface area contributed by atoms with E-state index in [1.54, 1.807) is 0 Å². The molecule has 8 heteroatoms. The SMILES string of the molecule is C[C@H]1C2COC3OCC(C2OC(=O)Oc2ccc([N+](=O)[O-])cc2)C31. The van der Waals surface area contributed by atoms with E-state index in [1.165, 1.54) is 24.3 Å². The van der Waals surface area contributed by atoms with Gasteiger partial charge in [0.25, 0.3) is 5.69 Å². The van der Waals surface area contributed by atoms with Crippen molar-refractivity contribution in [3.05, 3.63) is 34.4 Å². The molecule has 1 aliphatic carbocycles. The first kappa shape index (κ1) is 15.3. The molecule has 2 aliphatic heterocycles. The minimum Gasteiger partial charge on any atom is -0.430 e.